The van der Waals surface area contributed by atoms with E-state index in [2.05, 4.69) is 45.9 Å². The number of ether oxygens (including phenoxy) is 2. The molecule has 40 heavy (non-hydrogen) atoms. The van der Waals surface area contributed by atoms with Gasteiger partial charge in [-0.25, -0.2) is 4.79 Å². The molecule has 0 N–H and O–H groups in total. The summed E-state index contributed by atoms with van der Waals surface area (Å²) in [6, 6.07) is 14.3. The normalized spacial score (nSPS) is 13.4. The zero-order chi connectivity index (χ0) is 29.4. The quantitative estimate of drug-likeness (QED) is 0.0820. The fourth-order valence-corrected chi connectivity index (χ4v) is 4.83. The molecule has 0 amide bonds. The lowest BCUT2D eigenvalue weighted by molar-refractivity contribution is 0.0730. The molecule has 1 atom stereocenters. The van der Waals surface area contributed by atoms with Crippen molar-refractivity contribution in [2.75, 3.05) is 26.5 Å². The smallest absolute Gasteiger partial charge is 0.347 e. The molecule has 0 aliphatic rings. The van der Waals surface area contributed by atoms with Crippen LogP contribution in [-0.2, 0) is 20.0 Å². The first-order valence-electron chi connectivity index (χ1n) is 13.9. The van der Waals surface area contributed by atoms with Gasteiger partial charge in [-0.1, -0.05) is 53.1 Å². The summed E-state index contributed by atoms with van der Waals surface area (Å²) in [7, 11) is -3.01. The van der Waals surface area contributed by atoms with Crippen LogP contribution in [0.15, 0.2) is 83.5 Å². The third-order valence-corrected chi connectivity index (χ3v) is 7.49. The van der Waals surface area contributed by atoms with Gasteiger partial charge in [-0.2, -0.15) is 0 Å². The average Bonchev–Trinajstić information content (AvgIpc) is 2.89. The van der Waals surface area contributed by atoms with Gasteiger partial charge in [-0.3, -0.25) is 4.57 Å². The largest absolute Gasteiger partial charge is 0.489 e. The molecule has 0 fully saturated rings. The molecule has 0 saturated carbocycles. The Morgan fingerprint density at radius 2 is 1.50 bits per heavy atom. The molecule has 7 heteroatoms. The second-order valence-corrected chi connectivity index (χ2v) is 12.1. The van der Waals surface area contributed by atoms with Crippen molar-refractivity contribution >= 4 is 13.6 Å². The molecule has 1 unspecified atom stereocenters. The highest BCUT2D eigenvalue weighted by Crippen LogP contribution is 2.43. The van der Waals surface area contributed by atoms with Crippen molar-refractivity contribution in [1.82, 2.24) is 0 Å². The predicted octanol–water partition coefficient (Wildman–Crippen LogP) is 9.12. The molecule has 0 aliphatic carbocycles. The summed E-state index contributed by atoms with van der Waals surface area (Å²) in [6.45, 7) is 12.8. The second kappa shape index (κ2) is 17.7. The van der Waals surface area contributed by atoms with Gasteiger partial charge >= 0.3 is 13.6 Å². The predicted molar refractivity (Wildman–Crippen MR) is 164 cm³/mol. The van der Waals surface area contributed by atoms with Crippen LogP contribution >= 0.6 is 7.60 Å². The zero-order valence-corrected chi connectivity index (χ0v) is 25.8. The van der Waals surface area contributed by atoms with Crippen LogP contribution in [0.1, 0.15) is 76.2 Å². The number of allylic oxidation sites excluding steroid dienone is 5. The molecule has 0 bridgehead atoms. The van der Waals surface area contributed by atoms with Gasteiger partial charge in [0.1, 0.15) is 23.7 Å². The Labute approximate surface area is 240 Å². The number of hydrogen-bond donors (Lipinski definition) is 0. The van der Waals surface area contributed by atoms with Crippen molar-refractivity contribution in [2.45, 2.75) is 66.7 Å². The topological polar surface area (TPSA) is 71.1 Å². The molecule has 0 radical (unpaired) electrons. The van der Waals surface area contributed by atoms with Gasteiger partial charge in [0.2, 0.25) is 0 Å². The van der Waals surface area contributed by atoms with E-state index < -0.39 is 13.6 Å². The first kappa shape index (κ1) is 33.3. The molecule has 0 spiro atoms. The number of esters is 1. The molecule has 0 heterocycles. The van der Waals surface area contributed by atoms with E-state index in [4.69, 9.17) is 18.5 Å². The Morgan fingerprint density at radius 1 is 0.850 bits per heavy atom. The maximum Gasteiger partial charge on any atom is 0.347 e. The van der Waals surface area contributed by atoms with Crippen molar-refractivity contribution in [2.24, 2.45) is 0 Å². The minimum Gasteiger partial charge on any atom is -0.489 e. The summed E-state index contributed by atoms with van der Waals surface area (Å²) in [5.41, 5.74) is 5.37. The minimum absolute atomic E-state index is 0.276. The first-order chi connectivity index (χ1) is 19.1. The molecule has 0 aromatic heterocycles. The van der Waals surface area contributed by atoms with E-state index in [0.29, 0.717) is 36.7 Å². The maximum absolute atomic E-state index is 12.9. The lowest BCUT2D eigenvalue weighted by atomic mass is 10.1. The monoisotopic (exact) mass is 568 g/mol. The van der Waals surface area contributed by atoms with Gasteiger partial charge in [-0.15, -0.1) is 0 Å². The van der Waals surface area contributed by atoms with Gasteiger partial charge in [0.25, 0.3) is 0 Å². The van der Waals surface area contributed by atoms with Gasteiger partial charge in [0.15, 0.2) is 0 Å². The van der Waals surface area contributed by atoms with Crippen LogP contribution in [0.5, 0.6) is 11.5 Å². The van der Waals surface area contributed by atoms with Crippen LogP contribution in [0, 0.1) is 0 Å². The summed E-state index contributed by atoms with van der Waals surface area (Å²) in [5.74, 6) is 0.434. The lowest BCUT2D eigenvalue weighted by Gasteiger charge is -2.13. The lowest BCUT2D eigenvalue weighted by Crippen LogP contribution is -2.11. The summed E-state index contributed by atoms with van der Waals surface area (Å²) in [5, 5.41) is 0. The third-order valence-electron chi connectivity index (χ3n) is 6.11. The highest BCUT2D eigenvalue weighted by molar-refractivity contribution is 7.52. The van der Waals surface area contributed by atoms with E-state index in [1.807, 2.05) is 18.2 Å². The van der Waals surface area contributed by atoms with Crippen LogP contribution in [0.2, 0.25) is 0 Å². The van der Waals surface area contributed by atoms with Crippen LogP contribution in [-0.4, -0.2) is 32.5 Å². The van der Waals surface area contributed by atoms with Gasteiger partial charge in [0, 0.05) is 6.66 Å². The molecule has 2 aromatic rings. The van der Waals surface area contributed by atoms with Crippen LogP contribution in [0.3, 0.4) is 0 Å². The Morgan fingerprint density at radius 3 is 2.17 bits per heavy atom. The fourth-order valence-electron chi connectivity index (χ4n) is 3.86. The molecule has 218 valence electrons. The molecule has 6 nitrogen and oxygen atoms in total. The Hall–Kier alpha value is -2.92. The molecule has 2 rings (SSSR count). The maximum atomic E-state index is 12.9. The Balaban J connectivity index is 1.85. The summed E-state index contributed by atoms with van der Waals surface area (Å²) >= 11 is 0. The number of hydrogen-bond acceptors (Lipinski definition) is 6. The van der Waals surface area contributed by atoms with Crippen molar-refractivity contribution in [1.29, 1.82) is 0 Å². The van der Waals surface area contributed by atoms with Crippen molar-refractivity contribution in [3.8, 4) is 11.5 Å². The summed E-state index contributed by atoms with van der Waals surface area (Å²) in [6.07, 6.45) is 11.4. The van der Waals surface area contributed by atoms with E-state index in [-0.39, 0.29) is 6.61 Å². The first-order valence-corrected chi connectivity index (χ1v) is 15.9. The number of carbonyl (C=O) groups excluding carboxylic acids is 1. The zero-order valence-electron chi connectivity index (χ0n) is 24.9. The molecule has 0 saturated heterocycles. The summed E-state index contributed by atoms with van der Waals surface area (Å²) in [4.78, 5) is 12.9. The molecular formula is C33H45O6P. The Kier molecular flexibility index (Phi) is 14.7. The standard InChI is InChI=1S/C33H45O6P/c1-7-37-40(6,35)38-25-23-29-18-20-30(21-19-29)39-33(34)31-16-8-9-17-32(31)36-24-22-28(5)15-11-14-27(4)13-10-12-26(2)3/h8-9,12,14,16-22H,7,10-11,13,15,23-25H2,1-6H3/b27-14+,28-22+. The molecular weight excluding hydrogens is 523 g/mol. The highest BCUT2D eigenvalue weighted by Gasteiger charge is 2.16. The van der Waals surface area contributed by atoms with E-state index in [1.54, 1.807) is 37.3 Å². The van der Waals surface area contributed by atoms with Crippen LogP contribution in [0.25, 0.3) is 0 Å². The van der Waals surface area contributed by atoms with E-state index in [0.717, 1.165) is 31.2 Å². The van der Waals surface area contributed by atoms with E-state index >= 15 is 0 Å². The van der Waals surface area contributed by atoms with E-state index in [1.165, 1.54) is 23.4 Å². The highest BCUT2D eigenvalue weighted by atomic mass is 31.2. The second-order valence-electron chi connectivity index (χ2n) is 10.1. The SMILES string of the molecule is CCOP(C)(=O)OCCc1ccc(OC(=O)c2ccccc2OC/C=C(\C)CC/C=C(\C)CCC=C(C)C)cc1. The fraction of sp³-hybridized carbons (Fsp3) is 0.424. The average molecular weight is 569 g/mol. The van der Waals surface area contributed by atoms with Crippen molar-refractivity contribution in [3.63, 3.8) is 0 Å². The summed E-state index contributed by atoms with van der Waals surface area (Å²) < 4.78 is 34.0. The Bertz CT molecular complexity index is 1210. The minimum atomic E-state index is -3.01. The van der Waals surface area contributed by atoms with Crippen LogP contribution in [0.4, 0.5) is 0 Å². The number of rotatable bonds is 17. The third kappa shape index (κ3) is 13.4. The van der Waals surface area contributed by atoms with Crippen LogP contribution < -0.4 is 9.47 Å². The van der Waals surface area contributed by atoms with Crippen molar-refractivity contribution < 1.29 is 27.9 Å². The number of benzene rings is 2. The number of para-hydroxylation sites is 1. The molecule has 0 aliphatic heterocycles. The molecule has 2 aromatic carbocycles. The van der Waals surface area contributed by atoms with E-state index in [9.17, 15) is 9.36 Å². The van der Waals surface area contributed by atoms with Gasteiger partial charge < -0.3 is 18.5 Å². The van der Waals surface area contributed by atoms with Gasteiger partial charge in [-0.05, 0) is 103 Å². The van der Waals surface area contributed by atoms with Gasteiger partial charge in [0.05, 0.1) is 13.2 Å². The number of carbonyl (C=O) groups is 1. The van der Waals surface area contributed by atoms with Crippen molar-refractivity contribution in [3.05, 3.63) is 94.6 Å².